The second-order valence-corrected chi connectivity index (χ2v) is 3.75. The fourth-order valence-corrected chi connectivity index (χ4v) is 1.32. The molecule has 76 valence electrons. The van der Waals surface area contributed by atoms with Gasteiger partial charge in [-0.05, 0) is 36.1 Å². The zero-order valence-electron chi connectivity index (χ0n) is 8.32. The van der Waals surface area contributed by atoms with Gasteiger partial charge in [0.15, 0.2) is 0 Å². The topological polar surface area (TPSA) is 57.5 Å². The number of phenolic OH excluding ortho intramolecular Hbond substituents is 1. The molecule has 0 radical (unpaired) electrons. The van der Waals surface area contributed by atoms with E-state index in [0.717, 1.165) is 0 Å². The predicted octanol–water partition coefficient (Wildman–Crippen LogP) is 2.29. The molecule has 0 heterocycles. The van der Waals surface area contributed by atoms with Crippen LogP contribution in [-0.2, 0) is 6.42 Å². The number of carbonyl (C=O) groups is 1. The summed E-state index contributed by atoms with van der Waals surface area (Å²) < 4.78 is 0. The SMILES string of the molecule is CC(C)Cc1cc(C(=O)O)ccc1O. The lowest BCUT2D eigenvalue weighted by atomic mass is 10.00. The molecule has 2 N–H and O–H groups in total. The quantitative estimate of drug-likeness (QED) is 0.776. The Balaban J connectivity index is 3.02. The van der Waals surface area contributed by atoms with Crippen molar-refractivity contribution in [2.24, 2.45) is 5.92 Å². The summed E-state index contributed by atoms with van der Waals surface area (Å²) in [6, 6.07) is 4.36. The first-order valence-electron chi connectivity index (χ1n) is 4.56. The molecule has 0 saturated heterocycles. The highest BCUT2D eigenvalue weighted by Gasteiger charge is 2.08. The minimum atomic E-state index is -0.963. The molecule has 0 bridgehead atoms. The van der Waals surface area contributed by atoms with Crippen molar-refractivity contribution >= 4 is 5.97 Å². The van der Waals surface area contributed by atoms with E-state index >= 15 is 0 Å². The molecule has 0 fully saturated rings. The summed E-state index contributed by atoms with van der Waals surface area (Å²) in [5, 5.41) is 18.2. The van der Waals surface area contributed by atoms with E-state index in [-0.39, 0.29) is 11.3 Å². The molecular formula is C11H14O3. The zero-order chi connectivity index (χ0) is 10.7. The molecule has 0 atom stereocenters. The van der Waals surface area contributed by atoms with Gasteiger partial charge in [-0.1, -0.05) is 13.8 Å². The Morgan fingerprint density at radius 3 is 2.57 bits per heavy atom. The number of benzene rings is 1. The van der Waals surface area contributed by atoms with Crippen LogP contribution in [-0.4, -0.2) is 16.2 Å². The molecule has 0 amide bonds. The Kier molecular flexibility index (Phi) is 3.12. The van der Waals surface area contributed by atoms with Crippen LogP contribution in [0.5, 0.6) is 5.75 Å². The number of aromatic hydroxyl groups is 1. The van der Waals surface area contributed by atoms with Crippen LogP contribution in [0.2, 0.25) is 0 Å². The van der Waals surface area contributed by atoms with E-state index < -0.39 is 5.97 Å². The third-order valence-electron chi connectivity index (χ3n) is 1.95. The lowest BCUT2D eigenvalue weighted by Crippen LogP contribution is -2.00. The molecule has 0 aliphatic rings. The average Bonchev–Trinajstić information content (AvgIpc) is 2.07. The van der Waals surface area contributed by atoms with Crippen LogP contribution in [0, 0.1) is 5.92 Å². The maximum atomic E-state index is 10.7. The molecule has 0 saturated carbocycles. The largest absolute Gasteiger partial charge is 0.508 e. The second kappa shape index (κ2) is 4.13. The number of phenols is 1. The van der Waals surface area contributed by atoms with E-state index in [1.807, 2.05) is 13.8 Å². The summed E-state index contributed by atoms with van der Waals surface area (Å²) in [6.45, 7) is 4.04. The highest BCUT2D eigenvalue weighted by atomic mass is 16.4. The monoisotopic (exact) mass is 194 g/mol. The summed E-state index contributed by atoms with van der Waals surface area (Å²) in [4.78, 5) is 10.7. The predicted molar refractivity (Wildman–Crippen MR) is 53.6 cm³/mol. The molecule has 0 unspecified atom stereocenters. The molecule has 3 nitrogen and oxygen atoms in total. The smallest absolute Gasteiger partial charge is 0.335 e. The number of carboxylic acids is 1. The van der Waals surface area contributed by atoms with E-state index in [0.29, 0.717) is 17.9 Å². The van der Waals surface area contributed by atoms with E-state index in [9.17, 15) is 9.90 Å². The Morgan fingerprint density at radius 2 is 2.07 bits per heavy atom. The summed E-state index contributed by atoms with van der Waals surface area (Å²) in [6.07, 6.45) is 0.687. The lowest BCUT2D eigenvalue weighted by molar-refractivity contribution is 0.0696. The third kappa shape index (κ3) is 2.49. The molecule has 0 aromatic heterocycles. The molecule has 14 heavy (non-hydrogen) atoms. The zero-order valence-corrected chi connectivity index (χ0v) is 8.32. The number of hydrogen-bond donors (Lipinski definition) is 2. The van der Waals surface area contributed by atoms with Gasteiger partial charge in [-0.2, -0.15) is 0 Å². The van der Waals surface area contributed by atoms with E-state index in [2.05, 4.69) is 0 Å². The Morgan fingerprint density at radius 1 is 1.43 bits per heavy atom. The van der Waals surface area contributed by atoms with Crippen molar-refractivity contribution in [2.75, 3.05) is 0 Å². The van der Waals surface area contributed by atoms with Gasteiger partial charge in [0, 0.05) is 0 Å². The third-order valence-corrected chi connectivity index (χ3v) is 1.95. The lowest BCUT2D eigenvalue weighted by Gasteiger charge is -2.07. The molecule has 0 aliphatic heterocycles. The second-order valence-electron chi connectivity index (χ2n) is 3.75. The van der Waals surface area contributed by atoms with Crippen LogP contribution in [0.4, 0.5) is 0 Å². The summed E-state index contributed by atoms with van der Waals surface area (Å²) >= 11 is 0. The minimum absolute atomic E-state index is 0.170. The molecule has 3 heteroatoms. The van der Waals surface area contributed by atoms with Crippen LogP contribution in [0.1, 0.15) is 29.8 Å². The number of carboxylic acid groups (broad SMARTS) is 1. The van der Waals surface area contributed by atoms with Crippen molar-refractivity contribution < 1.29 is 15.0 Å². The van der Waals surface area contributed by atoms with Crippen LogP contribution in [0.3, 0.4) is 0 Å². The Hall–Kier alpha value is -1.51. The summed E-state index contributed by atoms with van der Waals surface area (Å²) in [5.41, 5.74) is 0.915. The molecule has 0 aliphatic carbocycles. The molecule has 0 spiro atoms. The van der Waals surface area contributed by atoms with Gasteiger partial charge in [0.2, 0.25) is 0 Å². The normalized spacial score (nSPS) is 10.5. The first-order valence-corrected chi connectivity index (χ1v) is 4.56. The van der Waals surface area contributed by atoms with Gasteiger partial charge in [-0.3, -0.25) is 0 Å². The van der Waals surface area contributed by atoms with Crippen molar-refractivity contribution in [1.29, 1.82) is 0 Å². The summed E-state index contributed by atoms with van der Waals surface area (Å²) in [5.74, 6) is -0.399. The van der Waals surface area contributed by atoms with Crippen LogP contribution in [0.25, 0.3) is 0 Å². The first-order chi connectivity index (χ1) is 6.50. The van der Waals surface area contributed by atoms with Crippen LogP contribution in [0.15, 0.2) is 18.2 Å². The maximum absolute atomic E-state index is 10.7. The van der Waals surface area contributed by atoms with Gasteiger partial charge in [0.05, 0.1) is 5.56 Å². The Bertz CT molecular complexity index is 342. The average molecular weight is 194 g/mol. The van der Waals surface area contributed by atoms with E-state index in [1.54, 1.807) is 0 Å². The molecule has 1 rings (SSSR count). The minimum Gasteiger partial charge on any atom is -0.508 e. The van der Waals surface area contributed by atoms with Gasteiger partial charge in [0.25, 0.3) is 0 Å². The highest BCUT2D eigenvalue weighted by molar-refractivity contribution is 5.88. The number of hydrogen-bond acceptors (Lipinski definition) is 2. The fourth-order valence-electron chi connectivity index (χ4n) is 1.32. The molecular weight excluding hydrogens is 180 g/mol. The first kappa shape index (κ1) is 10.6. The summed E-state index contributed by atoms with van der Waals surface area (Å²) in [7, 11) is 0. The van der Waals surface area contributed by atoms with Gasteiger partial charge < -0.3 is 10.2 Å². The highest BCUT2D eigenvalue weighted by Crippen LogP contribution is 2.21. The van der Waals surface area contributed by atoms with E-state index in [4.69, 9.17) is 5.11 Å². The van der Waals surface area contributed by atoms with Crippen molar-refractivity contribution in [3.8, 4) is 5.75 Å². The van der Waals surface area contributed by atoms with Crippen molar-refractivity contribution in [3.63, 3.8) is 0 Å². The van der Waals surface area contributed by atoms with Gasteiger partial charge in [0.1, 0.15) is 5.75 Å². The van der Waals surface area contributed by atoms with Gasteiger partial charge in [-0.15, -0.1) is 0 Å². The van der Waals surface area contributed by atoms with Crippen LogP contribution >= 0.6 is 0 Å². The molecule has 1 aromatic rings. The van der Waals surface area contributed by atoms with Crippen molar-refractivity contribution in [1.82, 2.24) is 0 Å². The molecule has 1 aromatic carbocycles. The van der Waals surface area contributed by atoms with Gasteiger partial charge in [-0.25, -0.2) is 4.79 Å². The maximum Gasteiger partial charge on any atom is 0.335 e. The van der Waals surface area contributed by atoms with Gasteiger partial charge >= 0.3 is 5.97 Å². The number of aromatic carboxylic acids is 1. The number of rotatable bonds is 3. The fraction of sp³-hybridized carbons (Fsp3) is 0.364. The van der Waals surface area contributed by atoms with E-state index in [1.165, 1.54) is 18.2 Å². The Labute approximate surface area is 83.0 Å². The van der Waals surface area contributed by atoms with Crippen molar-refractivity contribution in [3.05, 3.63) is 29.3 Å². The standard InChI is InChI=1S/C11H14O3/c1-7(2)5-9-6-8(11(13)14)3-4-10(9)12/h3-4,6-7,12H,5H2,1-2H3,(H,13,14). The van der Waals surface area contributed by atoms with Crippen molar-refractivity contribution in [2.45, 2.75) is 20.3 Å². The van der Waals surface area contributed by atoms with Crippen LogP contribution < -0.4 is 0 Å².